The number of H-pyrrole nitrogens is 1. The number of esters is 1. The molecule has 0 spiro atoms. The summed E-state index contributed by atoms with van der Waals surface area (Å²) in [6.07, 6.45) is 3.59. The summed E-state index contributed by atoms with van der Waals surface area (Å²) in [7, 11) is 0. The lowest BCUT2D eigenvalue weighted by molar-refractivity contribution is -0.119. The zero-order valence-electron chi connectivity index (χ0n) is 11.9. The van der Waals surface area contributed by atoms with Gasteiger partial charge in [0.15, 0.2) is 5.16 Å². The molecule has 8 heteroatoms. The van der Waals surface area contributed by atoms with E-state index in [0.717, 1.165) is 19.4 Å². The van der Waals surface area contributed by atoms with E-state index in [1.165, 1.54) is 18.0 Å². The van der Waals surface area contributed by atoms with E-state index >= 15 is 0 Å². The predicted octanol–water partition coefficient (Wildman–Crippen LogP) is 0.974. The minimum absolute atomic E-state index is 0.0791. The van der Waals surface area contributed by atoms with Gasteiger partial charge in [0.2, 0.25) is 5.91 Å². The van der Waals surface area contributed by atoms with E-state index < -0.39 is 5.97 Å². The Bertz CT molecular complexity index is 486. The fourth-order valence-electron chi connectivity index (χ4n) is 1.91. The minimum atomic E-state index is -0.445. The maximum atomic E-state index is 11.7. The Hall–Kier alpha value is -1.54. The smallest absolute Gasteiger partial charge is 0.356 e. The van der Waals surface area contributed by atoms with Gasteiger partial charge in [-0.1, -0.05) is 11.8 Å². The van der Waals surface area contributed by atoms with Crippen LogP contribution in [0.3, 0.4) is 0 Å². The number of amides is 1. The predicted molar refractivity (Wildman–Crippen MR) is 77.3 cm³/mol. The highest BCUT2D eigenvalue weighted by Gasteiger charge is 2.16. The molecule has 0 radical (unpaired) electrons. The molecule has 2 N–H and O–H groups in total. The molecule has 7 nitrogen and oxygen atoms in total. The summed E-state index contributed by atoms with van der Waals surface area (Å²) in [4.78, 5) is 30.0. The molecule has 0 aromatic carbocycles. The van der Waals surface area contributed by atoms with Gasteiger partial charge in [-0.2, -0.15) is 0 Å². The lowest BCUT2D eigenvalue weighted by atomic mass is 10.2. The first-order valence-electron chi connectivity index (χ1n) is 6.92. The second-order valence-electron chi connectivity index (χ2n) is 4.55. The first-order chi connectivity index (χ1) is 10.2. The average molecular weight is 313 g/mol. The van der Waals surface area contributed by atoms with Crippen LogP contribution in [0, 0.1) is 0 Å². The van der Waals surface area contributed by atoms with Crippen LogP contribution in [0.2, 0.25) is 0 Å². The van der Waals surface area contributed by atoms with E-state index in [-0.39, 0.29) is 17.8 Å². The van der Waals surface area contributed by atoms with Crippen molar-refractivity contribution in [3.8, 4) is 0 Å². The Morgan fingerprint density at radius 3 is 3.19 bits per heavy atom. The molecule has 0 bridgehead atoms. The van der Waals surface area contributed by atoms with Crippen molar-refractivity contribution in [2.75, 3.05) is 25.5 Å². The van der Waals surface area contributed by atoms with Gasteiger partial charge in [-0.25, -0.2) is 9.78 Å². The average Bonchev–Trinajstić information content (AvgIpc) is 3.14. The largest absolute Gasteiger partial charge is 0.461 e. The Morgan fingerprint density at radius 1 is 1.62 bits per heavy atom. The van der Waals surface area contributed by atoms with Crippen LogP contribution < -0.4 is 5.32 Å². The Labute approximate surface area is 127 Å². The maximum absolute atomic E-state index is 11.7. The van der Waals surface area contributed by atoms with Crippen LogP contribution >= 0.6 is 11.8 Å². The molecular formula is C13H19N3O4S. The lowest BCUT2D eigenvalue weighted by Gasteiger charge is -2.10. The van der Waals surface area contributed by atoms with Gasteiger partial charge in [0.05, 0.1) is 24.7 Å². The van der Waals surface area contributed by atoms with Gasteiger partial charge in [-0.05, 0) is 19.8 Å². The van der Waals surface area contributed by atoms with Gasteiger partial charge in [0.25, 0.3) is 0 Å². The molecule has 1 aromatic heterocycles. The molecule has 0 aliphatic carbocycles. The number of ether oxygens (including phenoxy) is 2. The van der Waals surface area contributed by atoms with E-state index in [2.05, 4.69) is 15.3 Å². The zero-order valence-corrected chi connectivity index (χ0v) is 12.7. The fourth-order valence-corrected chi connectivity index (χ4v) is 2.59. The van der Waals surface area contributed by atoms with E-state index in [1.807, 2.05) is 0 Å². The zero-order chi connectivity index (χ0) is 15.1. The molecular weight excluding hydrogens is 294 g/mol. The van der Waals surface area contributed by atoms with Crippen molar-refractivity contribution in [3.05, 3.63) is 11.9 Å². The highest BCUT2D eigenvalue weighted by atomic mass is 32.2. The van der Waals surface area contributed by atoms with Crippen LogP contribution in [0.1, 0.15) is 30.3 Å². The summed E-state index contributed by atoms with van der Waals surface area (Å²) < 4.78 is 10.3. The first kappa shape index (κ1) is 15.8. The van der Waals surface area contributed by atoms with Crippen LogP contribution in [-0.2, 0) is 14.3 Å². The molecule has 1 atom stereocenters. The second-order valence-corrected chi connectivity index (χ2v) is 5.51. The number of carbonyl (C=O) groups excluding carboxylic acids is 2. The van der Waals surface area contributed by atoms with Crippen molar-refractivity contribution in [3.63, 3.8) is 0 Å². The third kappa shape index (κ3) is 5.05. The molecule has 116 valence electrons. The number of hydrogen-bond acceptors (Lipinski definition) is 6. The molecule has 1 amide bonds. The Balaban J connectivity index is 1.69. The molecule has 21 heavy (non-hydrogen) atoms. The van der Waals surface area contributed by atoms with Gasteiger partial charge in [0, 0.05) is 13.2 Å². The SMILES string of the molecule is CCOC(=O)c1cnc(SCC(=O)NCC2CCCO2)[nH]1. The molecule has 1 aromatic rings. The fraction of sp³-hybridized carbons (Fsp3) is 0.615. The normalized spacial score (nSPS) is 17.7. The van der Waals surface area contributed by atoms with Crippen LogP contribution in [-0.4, -0.2) is 53.5 Å². The highest BCUT2D eigenvalue weighted by Crippen LogP contribution is 2.14. The van der Waals surface area contributed by atoms with Gasteiger partial charge in [0.1, 0.15) is 5.69 Å². The summed E-state index contributed by atoms with van der Waals surface area (Å²) in [5.74, 6) is -0.285. The van der Waals surface area contributed by atoms with E-state index in [9.17, 15) is 9.59 Å². The summed E-state index contributed by atoms with van der Waals surface area (Å²) >= 11 is 1.24. The number of rotatable bonds is 7. The topological polar surface area (TPSA) is 93.3 Å². The quantitative estimate of drug-likeness (QED) is 0.575. The van der Waals surface area contributed by atoms with Crippen LogP contribution in [0.15, 0.2) is 11.4 Å². The highest BCUT2D eigenvalue weighted by molar-refractivity contribution is 7.99. The van der Waals surface area contributed by atoms with Gasteiger partial charge < -0.3 is 19.8 Å². The monoisotopic (exact) mass is 313 g/mol. The van der Waals surface area contributed by atoms with Crippen molar-refractivity contribution >= 4 is 23.6 Å². The maximum Gasteiger partial charge on any atom is 0.356 e. The van der Waals surface area contributed by atoms with Crippen LogP contribution in [0.5, 0.6) is 0 Å². The third-order valence-electron chi connectivity index (χ3n) is 2.94. The van der Waals surface area contributed by atoms with Crippen molar-refractivity contribution in [2.45, 2.75) is 31.0 Å². The number of imidazole rings is 1. The van der Waals surface area contributed by atoms with E-state index in [0.29, 0.717) is 24.0 Å². The van der Waals surface area contributed by atoms with Gasteiger partial charge in [-0.15, -0.1) is 0 Å². The van der Waals surface area contributed by atoms with Crippen molar-refractivity contribution < 1.29 is 19.1 Å². The van der Waals surface area contributed by atoms with Crippen LogP contribution in [0.25, 0.3) is 0 Å². The number of nitrogens with one attached hydrogen (secondary N) is 2. The van der Waals surface area contributed by atoms with Gasteiger partial charge >= 0.3 is 5.97 Å². The third-order valence-corrected chi connectivity index (χ3v) is 3.83. The lowest BCUT2D eigenvalue weighted by Crippen LogP contribution is -2.32. The number of hydrogen-bond donors (Lipinski definition) is 2. The molecule has 1 saturated heterocycles. The molecule has 2 heterocycles. The van der Waals surface area contributed by atoms with Crippen molar-refractivity contribution in [1.29, 1.82) is 0 Å². The summed E-state index contributed by atoms with van der Waals surface area (Å²) in [5.41, 5.74) is 0.291. The molecule has 0 saturated carbocycles. The van der Waals surface area contributed by atoms with Gasteiger partial charge in [-0.3, -0.25) is 4.79 Å². The summed E-state index contributed by atoms with van der Waals surface area (Å²) in [6, 6.07) is 0. The Morgan fingerprint density at radius 2 is 2.48 bits per heavy atom. The molecule has 2 rings (SSSR count). The van der Waals surface area contributed by atoms with E-state index in [4.69, 9.17) is 9.47 Å². The Kier molecular flexibility index (Phi) is 6.06. The van der Waals surface area contributed by atoms with E-state index in [1.54, 1.807) is 6.92 Å². The summed E-state index contributed by atoms with van der Waals surface area (Å²) in [5, 5.41) is 3.35. The standard InChI is InChI=1S/C13H19N3O4S/c1-2-19-12(18)10-7-15-13(16-10)21-8-11(17)14-6-9-4-3-5-20-9/h7,9H,2-6,8H2,1H3,(H,14,17)(H,15,16). The van der Waals surface area contributed by atoms with Crippen LogP contribution in [0.4, 0.5) is 0 Å². The first-order valence-corrected chi connectivity index (χ1v) is 7.91. The number of aromatic amines is 1. The molecule has 1 aliphatic heterocycles. The number of aromatic nitrogens is 2. The van der Waals surface area contributed by atoms with Crippen molar-refractivity contribution in [2.24, 2.45) is 0 Å². The number of nitrogens with zero attached hydrogens (tertiary/aromatic N) is 1. The molecule has 1 unspecified atom stereocenters. The van der Waals surface area contributed by atoms with Crippen molar-refractivity contribution in [1.82, 2.24) is 15.3 Å². The molecule has 1 fully saturated rings. The number of carbonyl (C=O) groups is 2. The second kappa shape index (κ2) is 8.04. The number of thioether (sulfide) groups is 1. The summed E-state index contributed by atoms with van der Waals surface area (Å²) in [6.45, 7) is 3.37. The molecule has 1 aliphatic rings. The minimum Gasteiger partial charge on any atom is -0.461 e.